The Balaban J connectivity index is 1.79. The van der Waals surface area contributed by atoms with E-state index in [1.807, 2.05) is 0 Å². The molecular weight excluding hydrogens is 406 g/mol. The van der Waals surface area contributed by atoms with E-state index in [1.54, 1.807) is 43.3 Å². The van der Waals surface area contributed by atoms with E-state index in [9.17, 15) is 18.0 Å². The van der Waals surface area contributed by atoms with Gasteiger partial charge in [0, 0.05) is 30.9 Å². The fraction of sp³-hybridized carbons (Fsp3) is 0.333. The van der Waals surface area contributed by atoms with E-state index in [4.69, 9.17) is 4.74 Å². The molecule has 2 amide bonds. The number of carbonyl (C=O) groups excluding carboxylic acids is 2. The van der Waals surface area contributed by atoms with Crippen molar-refractivity contribution in [1.82, 2.24) is 4.31 Å². The van der Waals surface area contributed by atoms with Gasteiger partial charge >= 0.3 is 0 Å². The van der Waals surface area contributed by atoms with Gasteiger partial charge in [0.25, 0.3) is 0 Å². The molecule has 0 aliphatic carbocycles. The van der Waals surface area contributed by atoms with Crippen molar-refractivity contribution in [1.29, 1.82) is 0 Å². The van der Waals surface area contributed by atoms with Gasteiger partial charge in [-0.2, -0.15) is 4.31 Å². The Morgan fingerprint density at radius 1 is 1.07 bits per heavy atom. The van der Waals surface area contributed by atoms with Crippen molar-refractivity contribution < 1.29 is 22.7 Å². The molecule has 0 aromatic heterocycles. The van der Waals surface area contributed by atoms with E-state index >= 15 is 0 Å². The first-order valence-corrected chi connectivity index (χ1v) is 11.0. The molecule has 1 aliphatic rings. The van der Waals surface area contributed by atoms with Crippen LogP contribution in [0.25, 0.3) is 0 Å². The third-order valence-electron chi connectivity index (χ3n) is 4.96. The highest BCUT2D eigenvalue weighted by atomic mass is 32.2. The molecule has 2 aromatic rings. The second kappa shape index (κ2) is 8.85. The highest BCUT2D eigenvalue weighted by Gasteiger charge is 2.40. The van der Waals surface area contributed by atoms with Crippen LogP contribution in [-0.4, -0.2) is 44.2 Å². The lowest BCUT2D eigenvalue weighted by atomic mass is 10.2. The molecule has 160 valence electrons. The summed E-state index contributed by atoms with van der Waals surface area (Å²) in [6.45, 7) is 3.40. The minimum absolute atomic E-state index is 0.140. The predicted octanol–water partition coefficient (Wildman–Crippen LogP) is 2.75. The molecule has 1 aliphatic heterocycles. The summed E-state index contributed by atoms with van der Waals surface area (Å²) in [5.74, 6) is -0.131. The van der Waals surface area contributed by atoms with Crippen molar-refractivity contribution >= 4 is 33.2 Å². The summed E-state index contributed by atoms with van der Waals surface area (Å²) in [6.07, 6.45) is 1.04. The highest BCUT2D eigenvalue weighted by molar-refractivity contribution is 7.89. The first-order chi connectivity index (χ1) is 14.2. The lowest BCUT2D eigenvalue weighted by Crippen LogP contribution is -2.43. The first-order valence-electron chi connectivity index (χ1n) is 9.57. The normalized spacial score (nSPS) is 16.8. The average Bonchev–Trinajstić information content (AvgIpc) is 3.20. The number of nitrogens with one attached hydrogen (secondary N) is 2. The summed E-state index contributed by atoms with van der Waals surface area (Å²) in [7, 11) is -2.39. The number of benzene rings is 2. The summed E-state index contributed by atoms with van der Waals surface area (Å²) in [4.78, 5) is 24.1. The van der Waals surface area contributed by atoms with Crippen molar-refractivity contribution in [3.05, 3.63) is 48.0 Å². The second-order valence-corrected chi connectivity index (χ2v) is 9.01. The molecule has 8 nitrogen and oxygen atoms in total. The van der Waals surface area contributed by atoms with E-state index in [1.165, 1.54) is 24.4 Å². The molecule has 0 unspecified atom stereocenters. The lowest BCUT2D eigenvalue weighted by molar-refractivity contribution is -0.119. The SMILES string of the molecule is COc1ccc(C)c(S(=O)(=O)N2CCC[C@@H]2C(=O)Nc2ccc(NC(C)=O)cc2)c1. The number of hydrogen-bond acceptors (Lipinski definition) is 5. The van der Waals surface area contributed by atoms with Crippen LogP contribution in [-0.2, 0) is 19.6 Å². The van der Waals surface area contributed by atoms with Crippen LogP contribution in [0.3, 0.4) is 0 Å². The van der Waals surface area contributed by atoms with E-state index in [-0.39, 0.29) is 23.3 Å². The number of anilines is 2. The number of hydrogen-bond donors (Lipinski definition) is 2. The molecule has 0 radical (unpaired) electrons. The fourth-order valence-corrected chi connectivity index (χ4v) is 5.37. The lowest BCUT2D eigenvalue weighted by Gasteiger charge is -2.24. The molecule has 0 saturated carbocycles. The van der Waals surface area contributed by atoms with Crippen LogP contribution in [0.2, 0.25) is 0 Å². The molecule has 1 fully saturated rings. The number of rotatable bonds is 6. The Bertz CT molecular complexity index is 1050. The van der Waals surface area contributed by atoms with Crippen LogP contribution >= 0.6 is 0 Å². The van der Waals surface area contributed by atoms with Crippen LogP contribution in [0.1, 0.15) is 25.3 Å². The average molecular weight is 432 g/mol. The number of nitrogens with zero attached hydrogens (tertiary/aromatic N) is 1. The molecule has 0 spiro atoms. The maximum atomic E-state index is 13.3. The zero-order chi connectivity index (χ0) is 21.9. The zero-order valence-electron chi connectivity index (χ0n) is 17.1. The standard InChI is InChI=1S/C21H25N3O5S/c1-14-6-11-18(29-3)13-20(14)30(27,28)24-12-4-5-19(24)21(26)23-17-9-7-16(8-10-17)22-15(2)25/h6-11,13,19H,4-5,12H2,1-3H3,(H,22,25)(H,23,26)/t19-/m1/s1. The molecule has 1 atom stereocenters. The minimum atomic E-state index is -3.86. The van der Waals surface area contributed by atoms with E-state index in [0.29, 0.717) is 35.5 Å². The van der Waals surface area contributed by atoms with Gasteiger partial charge < -0.3 is 15.4 Å². The van der Waals surface area contributed by atoms with Gasteiger partial charge in [-0.3, -0.25) is 9.59 Å². The summed E-state index contributed by atoms with van der Waals surface area (Å²) in [6, 6.07) is 10.7. The molecule has 3 rings (SSSR count). The predicted molar refractivity (Wildman–Crippen MR) is 114 cm³/mol. The van der Waals surface area contributed by atoms with Crippen molar-refractivity contribution in [2.45, 2.75) is 37.6 Å². The van der Waals surface area contributed by atoms with Gasteiger partial charge in [0.2, 0.25) is 21.8 Å². The van der Waals surface area contributed by atoms with Crippen molar-refractivity contribution in [2.24, 2.45) is 0 Å². The van der Waals surface area contributed by atoms with E-state index in [2.05, 4.69) is 10.6 Å². The largest absolute Gasteiger partial charge is 0.497 e. The smallest absolute Gasteiger partial charge is 0.244 e. The molecule has 30 heavy (non-hydrogen) atoms. The first kappa shape index (κ1) is 21.8. The van der Waals surface area contributed by atoms with Gasteiger partial charge in [-0.05, 0) is 55.7 Å². The molecule has 2 aromatic carbocycles. The number of ether oxygens (including phenoxy) is 1. The van der Waals surface area contributed by atoms with Gasteiger partial charge in [-0.25, -0.2) is 8.42 Å². The zero-order valence-corrected chi connectivity index (χ0v) is 18.0. The molecular formula is C21H25N3O5S. The van der Waals surface area contributed by atoms with Crippen LogP contribution < -0.4 is 15.4 Å². The van der Waals surface area contributed by atoms with Gasteiger partial charge in [0.15, 0.2) is 0 Å². The Labute approximate surface area is 176 Å². The maximum absolute atomic E-state index is 13.3. The molecule has 9 heteroatoms. The number of sulfonamides is 1. The maximum Gasteiger partial charge on any atom is 0.244 e. The van der Waals surface area contributed by atoms with Crippen LogP contribution in [0, 0.1) is 6.92 Å². The third kappa shape index (κ3) is 4.63. The summed E-state index contributed by atoms with van der Waals surface area (Å²) in [5.41, 5.74) is 1.73. The molecule has 0 bridgehead atoms. The van der Waals surface area contributed by atoms with Gasteiger partial charge in [-0.15, -0.1) is 0 Å². The quantitative estimate of drug-likeness (QED) is 0.732. The monoisotopic (exact) mass is 431 g/mol. The molecule has 1 saturated heterocycles. The molecule has 1 heterocycles. The van der Waals surface area contributed by atoms with Crippen LogP contribution in [0.15, 0.2) is 47.4 Å². The Hall–Kier alpha value is -2.91. The second-order valence-electron chi connectivity index (χ2n) is 7.15. The highest BCUT2D eigenvalue weighted by Crippen LogP contribution is 2.30. The topological polar surface area (TPSA) is 105 Å². The molecule has 2 N–H and O–H groups in total. The van der Waals surface area contributed by atoms with Crippen molar-refractivity contribution in [2.75, 3.05) is 24.3 Å². The summed E-state index contributed by atoms with van der Waals surface area (Å²) < 4.78 is 33.0. The van der Waals surface area contributed by atoms with E-state index < -0.39 is 16.1 Å². The minimum Gasteiger partial charge on any atom is -0.497 e. The summed E-state index contributed by atoms with van der Waals surface area (Å²) >= 11 is 0. The number of aryl methyl sites for hydroxylation is 1. The fourth-order valence-electron chi connectivity index (χ4n) is 3.47. The van der Waals surface area contributed by atoms with Crippen molar-refractivity contribution in [3.63, 3.8) is 0 Å². The summed E-state index contributed by atoms with van der Waals surface area (Å²) in [5, 5.41) is 5.42. The number of carbonyl (C=O) groups is 2. The number of amides is 2. The number of methoxy groups -OCH3 is 1. The Morgan fingerprint density at radius 2 is 1.70 bits per heavy atom. The Morgan fingerprint density at radius 3 is 2.30 bits per heavy atom. The van der Waals surface area contributed by atoms with E-state index in [0.717, 1.165) is 0 Å². The van der Waals surface area contributed by atoms with Crippen molar-refractivity contribution in [3.8, 4) is 5.75 Å². The van der Waals surface area contributed by atoms with Gasteiger partial charge in [-0.1, -0.05) is 6.07 Å². The van der Waals surface area contributed by atoms with Gasteiger partial charge in [0.05, 0.1) is 12.0 Å². The third-order valence-corrected chi connectivity index (χ3v) is 7.01. The van der Waals surface area contributed by atoms with Gasteiger partial charge in [0.1, 0.15) is 11.8 Å². The Kier molecular flexibility index (Phi) is 6.42. The van der Waals surface area contributed by atoms with Crippen LogP contribution in [0.4, 0.5) is 11.4 Å². The van der Waals surface area contributed by atoms with Crippen LogP contribution in [0.5, 0.6) is 5.75 Å².